The van der Waals surface area contributed by atoms with Crippen LogP contribution in [0.15, 0.2) is 30.3 Å². The number of carbonyl (C=O) groups excluding carboxylic acids is 1. The zero-order chi connectivity index (χ0) is 16.3. The zero-order valence-electron chi connectivity index (χ0n) is 14.0. The van der Waals surface area contributed by atoms with Gasteiger partial charge in [0.25, 0.3) is 0 Å². The van der Waals surface area contributed by atoms with E-state index in [2.05, 4.69) is 24.3 Å². The molecule has 0 fully saturated rings. The van der Waals surface area contributed by atoms with Crippen LogP contribution < -0.4 is 11.1 Å². The smallest absolute Gasteiger partial charge is 0.241 e. The van der Waals surface area contributed by atoms with Crippen molar-refractivity contribution in [3.05, 3.63) is 41.7 Å². The van der Waals surface area contributed by atoms with Gasteiger partial charge in [0.2, 0.25) is 5.91 Å². The molecule has 1 aromatic carbocycles. The lowest BCUT2D eigenvalue weighted by Crippen LogP contribution is -2.36. The summed E-state index contributed by atoms with van der Waals surface area (Å²) in [5.41, 5.74) is 9.58. The van der Waals surface area contributed by atoms with Gasteiger partial charge >= 0.3 is 0 Å². The molecule has 0 spiro atoms. The number of hydrogen-bond acceptors (Lipinski definition) is 3. The fourth-order valence-electron chi connectivity index (χ4n) is 2.46. The maximum absolute atomic E-state index is 12.1. The molecule has 126 valence electrons. The minimum absolute atomic E-state index is 0. The third kappa shape index (κ3) is 5.08. The van der Waals surface area contributed by atoms with Gasteiger partial charge in [-0.1, -0.05) is 19.9 Å². The monoisotopic (exact) mass is 336 g/mol. The zero-order valence-corrected chi connectivity index (χ0v) is 14.9. The van der Waals surface area contributed by atoms with E-state index in [4.69, 9.17) is 5.73 Å². The van der Waals surface area contributed by atoms with Gasteiger partial charge in [-0.25, -0.2) is 4.68 Å². The van der Waals surface area contributed by atoms with Gasteiger partial charge < -0.3 is 11.1 Å². The first kappa shape index (κ1) is 19.2. The van der Waals surface area contributed by atoms with E-state index in [-0.39, 0.29) is 18.3 Å². The highest BCUT2D eigenvalue weighted by molar-refractivity contribution is 5.94. The second kappa shape index (κ2) is 8.13. The van der Waals surface area contributed by atoms with Gasteiger partial charge in [-0.05, 0) is 50.5 Å². The average Bonchev–Trinajstić information content (AvgIpc) is 2.77. The van der Waals surface area contributed by atoms with Crippen molar-refractivity contribution in [2.45, 2.75) is 40.2 Å². The summed E-state index contributed by atoms with van der Waals surface area (Å²) >= 11 is 0. The summed E-state index contributed by atoms with van der Waals surface area (Å²) in [6, 6.07) is 9.15. The molecule has 0 saturated heterocycles. The van der Waals surface area contributed by atoms with E-state index in [1.807, 2.05) is 48.9 Å². The molecule has 2 rings (SSSR count). The van der Waals surface area contributed by atoms with Crippen LogP contribution in [0.25, 0.3) is 5.69 Å². The SMILES string of the molecule is Cc1cc(C)n(-c2cccc(NC(=O)[C@@H](N)CC(C)C)c2)n1.Cl. The molecule has 3 N–H and O–H groups in total. The number of benzene rings is 1. The van der Waals surface area contributed by atoms with Crippen LogP contribution in [0.4, 0.5) is 5.69 Å². The molecule has 5 nitrogen and oxygen atoms in total. The highest BCUT2D eigenvalue weighted by atomic mass is 35.5. The van der Waals surface area contributed by atoms with Gasteiger partial charge in [-0.2, -0.15) is 5.10 Å². The summed E-state index contributed by atoms with van der Waals surface area (Å²) in [4.78, 5) is 12.1. The van der Waals surface area contributed by atoms with Crippen molar-refractivity contribution < 1.29 is 4.79 Å². The predicted molar refractivity (Wildman–Crippen MR) is 96.3 cm³/mol. The van der Waals surface area contributed by atoms with Crippen LogP contribution in [0.1, 0.15) is 31.7 Å². The van der Waals surface area contributed by atoms with Crippen molar-refractivity contribution in [3.8, 4) is 5.69 Å². The molecule has 1 heterocycles. The molecule has 0 aliphatic heterocycles. The van der Waals surface area contributed by atoms with Gasteiger partial charge in [0.1, 0.15) is 0 Å². The summed E-state index contributed by atoms with van der Waals surface area (Å²) in [6.07, 6.45) is 0.670. The lowest BCUT2D eigenvalue weighted by Gasteiger charge is -2.15. The normalized spacial score (nSPS) is 11.9. The first-order valence-electron chi connectivity index (χ1n) is 7.57. The summed E-state index contributed by atoms with van der Waals surface area (Å²) < 4.78 is 1.86. The molecule has 0 bridgehead atoms. The van der Waals surface area contributed by atoms with Crippen LogP contribution in [0.5, 0.6) is 0 Å². The van der Waals surface area contributed by atoms with E-state index >= 15 is 0 Å². The summed E-state index contributed by atoms with van der Waals surface area (Å²) in [5.74, 6) is 0.237. The van der Waals surface area contributed by atoms with Crippen LogP contribution in [-0.4, -0.2) is 21.7 Å². The van der Waals surface area contributed by atoms with Crippen molar-refractivity contribution in [3.63, 3.8) is 0 Å². The van der Waals surface area contributed by atoms with Crippen molar-refractivity contribution >= 4 is 24.0 Å². The largest absolute Gasteiger partial charge is 0.325 e. The first-order valence-corrected chi connectivity index (χ1v) is 7.57. The van der Waals surface area contributed by atoms with E-state index in [1.54, 1.807) is 0 Å². The Labute approximate surface area is 143 Å². The van der Waals surface area contributed by atoms with E-state index < -0.39 is 6.04 Å². The molecular formula is C17H25ClN4O. The molecule has 0 radical (unpaired) electrons. The lowest BCUT2D eigenvalue weighted by molar-refractivity contribution is -0.117. The predicted octanol–water partition coefficient (Wildman–Crippen LogP) is 3.22. The van der Waals surface area contributed by atoms with Gasteiger partial charge in [0, 0.05) is 11.4 Å². The minimum Gasteiger partial charge on any atom is -0.325 e. The van der Waals surface area contributed by atoms with Crippen LogP contribution >= 0.6 is 12.4 Å². The van der Waals surface area contributed by atoms with Crippen LogP contribution in [0.3, 0.4) is 0 Å². The molecule has 0 saturated carbocycles. The Bertz CT molecular complexity index is 666. The van der Waals surface area contributed by atoms with Gasteiger partial charge in [0.05, 0.1) is 17.4 Å². The fraction of sp³-hybridized carbons (Fsp3) is 0.412. The number of nitrogens with two attached hydrogens (primary N) is 1. The topological polar surface area (TPSA) is 72.9 Å². The summed E-state index contributed by atoms with van der Waals surface area (Å²) in [5, 5.41) is 7.33. The Morgan fingerprint density at radius 1 is 1.30 bits per heavy atom. The quantitative estimate of drug-likeness (QED) is 0.880. The number of aryl methyl sites for hydroxylation is 2. The standard InChI is InChI=1S/C17H24N4O.ClH/c1-11(2)8-16(18)17(22)19-14-6-5-7-15(10-14)21-13(4)9-12(3)20-21;/h5-7,9-11,16H,8,18H2,1-4H3,(H,19,22);1H/t16-;/m0./s1. The van der Waals surface area contributed by atoms with Crippen LogP contribution in [0, 0.1) is 19.8 Å². The molecule has 1 atom stereocenters. The molecule has 6 heteroatoms. The number of nitrogens with one attached hydrogen (secondary N) is 1. The van der Waals surface area contributed by atoms with E-state index in [1.165, 1.54) is 0 Å². The van der Waals surface area contributed by atoms with Crippen molar-refractivity contribution in [2.75, 3.05) is 5.32 Å². The van der Waals surface area contributed by atoms with Crippen molar-refractivity contribution in [2.24, 2.45) is 11.7 Å². The second-order valence-electron chi connectivity index (χ2n) is 6.11. The van der Waals surface area contributed by atoms with E-state index in [0.29, 0.717) is 12.3 Å². The Hall–Kier alpha value is -1.85. The highest BCUT2D eigenvalue weighted by Gasteiger charge is 2.15. The number of aromatic nitrogens is 2. The van der Waals surface area contributed by atoms with Crippen LogP contribution in [0.2, 0.25) is 0 Å². The second-order valence-corrected chi connectivity index (χ2v) is 6.11. The maximum Gasteiger partial charge on any atom is 0.241 e. The number of rotatable bonds is 5. The van der Waals surface area contributed by atoms with Crippen molar-refractivity contribution in [1.29, 1.82) is 0 Å². The third-order valence-corrected chi connectivity index (χ3v) is 3.43. The molecular weight excluding hydrogens is 312 g/mol. The van der Waals surface area contributed by atoms with E-state index in [0.717, 1.165) is 22.8 Å². The average molecular weight is 337 g/mol. The molecule has 2 aromatic rings. The molecule has 0 aliphatic carbocycles. The number of carbonyl (C=O) groups is 1. The Morgan fingerprint density at radius 2 is 2.00 bits per heavy atom. The molecule has 1 amide bonds. The molecule has 23 heavy (non-hydrogen) atoms. The number of amides is 1. The van der Waals surface area contributed by atoms with Gasteiger partial charge in [0.15, 0.2) is 0 Å². The summed E-state index contributed by atoms with van der Waals surface area (Å²) in [6.45, 7) is 8.07. The molecule has 1 aromatic heterocycles. The number of halogens is 1. The van der Waals surface area contributed by atoms with Gasteiger partial charge in [-0.15, -0.1) is 12.4 Å². The van der Waals surface area contributed by atoms with Gasteiger partial charge in [-0.3, -0.25) is 4.79 Å². The Morgan fingerprint density at radius 3 is 2.57 bits per heavy atom. The number of hydrogen-bond donors (Lipinski definition) is 2. The Balaban J connectivity index is 0.00000264. The lowest BCUT2D eigenvalue weighted by atomic mass is 10.0. The minimum atomic E-state index is -0.489. The van der Waals surface area contributed by atoms with Crippen LogP contribution in [-0.2, 0) is 4.79 Å². The number of anilines is 1. The van der Waals surface area contributed by atoms with E-state index in [9.17, 15) is 4.79 Å². The fourth-order valence-corrected chi connectivity index (χ4v) is 2.46. The van der Waals surface area contributed by atoms with Crippen molar-refractivity contribution in [1.82, 2.24) is 9.78 Å². The third-order valence-electron chi connectivity index (χ3n) is 3.43. The maximum atomic E-state index is 12.1. The molecule has 0 aliphatic rings. The highest BCUT2D eigenvalue weighted by Crippen LogP contribution is 2.17. The Kier molecular flexibility index (Phi) is 6.79. The molecule has 0 unspecified atom stereocenters. The first-order chi connectivity index (χ1) is 10.4. The number of nitrogens with zero attached hydrogens (tertiary/aromatic N) is 2. The summed E-state index contributed by atoms with van der Waals surface area (Å²) in [7, 11) is 0.